The van der Waals surface area contributed by atoms with Crippen molar-refractivity contribution in [3.8, 4) is 0 Å². The lowest BCUT2D eigenvalue weighted by Gasteiger charge is -2.30. The molecule has 0 bridgehead atoms. The van der Waals surface area contributed by atoms with Gasteiger partial charge in [-0.1, -0.05) is 0 Å². The zero-order chi connectivity index (χ0) is 8.27. The van der Waals surface area contributed by atoms with E-state index in [0.717, 1.165) is 32.1 Å². The zero-order valence-corrected chi connectivity index (χ0v) is 6.86. The number of aliphatic hydroxyl groups excluding tert-OH is 1. The number of hydrogen-bond acceptors (Lipinski definition) is 2. The number of nitrogens with zero attached hydrogens (tertiary/aromatic N) is 1. The van der Waals surface area contributed by atoms with Gasteiger partial charge in [-0.15, -0.1) is 0 Å². The Morgan fingerprint density at radius 2 is 1.91 bits per heavy atom. The molecule has 0 atom stereocenters. The van der Waals surface area contributed by atoms with Crippen LogP contribution in [0.3, 0.4) is 0 Å². The standard InChI is InChI=1S/C8H15NO2/c1-9(6-10)7-2-4-8(11)5-3-7/h6-8,11H,2-5H2,1H3. The van der Waals surface area contributed by atoms with Gasteiger partial charge in [-0.05, 0) is 25.7 Å². The first-order valence-electron chi connectivity index (χ1n) is 4.09. The Morgan fingerprint density at radius 3 is 2.36 bits per heavy atom. The molecule has 0 aliphatic heterocycles. The molecule has 1 saturated carbocycles. The van der Waals surface area contributed by atoms with Crippen molar-refractivity contribution in [1.29, 1.82) is 0 Å². The average molecular weight is 157 g/mol. The van der Waals surface area contributed by atoms with E-state index in [1.165, 1.54) is 0 Å². The van der Waals surface area contributed by atoms with E-state index in [4.69, 9.17) is 0 Å². The van der Waals surface area contributed by atoms with Gasteiger partial charge in [0.05, 0.1) is 6.10 Å². The summed E-state index contributed by atoms with van der Waals surface area (Å²) < 4.78 is 0. The second kappa shape index (κ2) is 3.72. The first kappa shape index (κ1) is 8.53. The normalized spacial score (nSPS) is 31.5. The van der Waals surface area contributed by atoms with E-state index in [9.17, 15) is 9.90 Å². The minimum atomic E-state index is -0.133. The van der Waals surface area contributed by atoms with Crippen LogP contribution in [0.2, 0.25) is 0 Å². The van der Waals surface area contributed by atoms with Crippen LogP contribution < -0.4 is 0 Å². The molecule has 0 radical (unpaired) electrons. The van der Waals surface area contributed by atoms with E-state index in [-0.39, 0.29) is 6.10 Å². The molecule has 0 heterocycles. The minimum Gasteiger partial charge on any atom is -0.393 e. The van der Waals surface area contributed by atoms with Gasteiger partial charge in [-0.2, -0.15) is 0 Å². The van der Waals surface area contributed by atoms with E-state index >= 15 is 0 Å². The topological polar surface area (TPSA) is 40.5 Å². The lowest BCUT2D eigenvalue weighted by molar-refractivity contribution is -0.119. The number of carbonyl (C=O) groups excluding carboxylic acids is 1. The van der Waals surface area contributed by atoms with Crippen LogP contribution in [0.4, 0.5) is 0 Å². The molecule has 3 heteroatoms. The van der Waals surface area contributed by atoms with Gasteiger partial charge in [0.25, 0.3) is 0 Å². The monoisotopic (exact) mass is 157 g/mol. The number of carbonyl (C=O) groups is 1. The summed E-state index contributed by atoms with van der Waals surface area (Å²) in [6, 6.07) is 0.357. The highest BCUT2D eigenvalue weighted by atomic mass is 16.3. The van der Waals surface area contributed by atoms with E-state index in [0.29, 0.717) is 6.04 Å². The Bertz CT molecular complexity index is 130. The van der Waals surface area contributed by atoms with Gasteiger partial charge in [-0.25, -0.2) is 0 Å². The molecule has 1 N–H and O–H groups in total. The van der Waals surface area contributed by atoms with Crippen molar-refractivity contribution in [2.45, 2.75) is 37.8 Å². The summed E-state index contributed by atoms with van der Waals surface area (Å²) in [6.07, 6.45) is 4.28. The molecule has 1 aliphatic rings. The van der Waals surface area contributed by atoms with Crippen LogP contribution in [0.1, 0.15) is 25.7 Å². The SMILES string of the molecule is CN(C=O)C1CCC(O)CC1. The predicted molar refractivity (Wildman–Crippen MR) is 42.1 cm³/mol. The van der Waals surface area contributed by atoms with E-state index in [1.54, 1.807) is 11.9 Å². The molecule has 0 unspecified atom stereocenters. The lowest BCUT2D eigenvalue weighted by atomic mass is 9.92. The van der Waals surface area contributed by atoms with Gasteiger partial charge >= 0.3 is 0 Å². The van der Waals surface area contributed by atoms with Gasteiger partial charge in [0.15, 0.2) is 0 Å². The number of rotatable bonds is 2. The van der Waals surface area contributed by atoms with Crippen molar-refractivity contribution in [3.05, 3.63) is 0 Å². The molecule has 11 heavy (non-hydrogen) atoms. The van der Waals surface area contributed by atoms with Crippen molar-refractivity contribution in [1.82, 2.24) is 4.90 Å². The number of hydrogen-bond donors (Lipinski definition) is 1. The van der Waals surface area contributed by atoms with Crippen molar-refractivity contribution >= 4 is 6.41 Å². The van der Waals surface area contributed by atoms with Crippen LogP contribution in [0.15, 0.2) is 0 Å². The largest absolute Gasteiger partial charge is 0.393 e. The predicted octanol–water partition coefficient (Wildman–Crippen LogP) is 0.378. The fourth-order valence-corrected chi connectivity index (χ4v) is 1.55. The molecule has 1 rings (SSSR count). The van der Waals surface area contributed by atoms with Crippen molar-refractivity contribution in [3.63, 3.8) is 0 Å². The molecule has 64 valence electrons. The highest BCUT2D eigenvalue weighted by Crippen LogP contribution is 2.21. The first-order chi connectivity index (χ1) is 5.24. The summed E-state index contributed by atoms with van der Waals surface area (Å²) in [7, 11) is 1.80. The summed E-state index contributed by atoms with van der Waals surface area (Å²) >= 11 is 0. The summed E-state index contributed by atoms with van der Waals surface area (Å²) in [6.45, 7) is 0. The molecule has 1 amide bonds. The third-order valence-corrected chi connectivity index (χ3v) is 2.41. The van der Waals surface area contributed by atoms with Crippen LogP contribution in [-0.2, 0) is 4.79 Å². The molecule has 1 fully saturated rings. The highest BCUT2D eigenvalue weighted by molar-refractivity contribution is 5.47. The average Bonchev–Trinajstić information content (AvgIpc) is 2.05. The maximum Gasteiger partial charge on any atom is 0.209 e. The van der Waals surface area contributed by atoms with Crippen LogP contribution in [-0.4, -0.2) is 35.6 Å². The molecular weight excluding hydrogens is 142 g/mol. The first-order valence-corrected chi connectivity index (χ1v) is 4.09. The van der Waals surface area contributed by atoms with Crippen LogP contribution in [0.25, 0.3) is 0 Å². The Kier molecular flexibility index (Phi) is 2.88. The van der Waals surface area contributed by atoms with Gasteiger partial charge in [0.2, 0.25) is 6.41 Å². The summed E-state index contributed by atoms with van der Waals surface area (Å²) in [5.41, 5.74) is 0. The fourth-order valence-electron chi connectivity index (χ4n) is 1.55. The Labute approximate surface area is 67.0 Å². The lowest BCUT2D eigenvalue weighted by Crippen LogP contribution is -2.35. The molecule has 0 spiro atoms. The number of aliphatic hydroxyl groups is 1. The third-order valence-electron chi connectivity index (χ3n) is 2.41. The van der Waals surface area contributed by atoms with Crippen LogP contribution in [0.5, 0.6) is 0 Å². The van der Waals surface area contributed by atoms with Crippen molar-refractivity contribution in [2.75, 3.05) is 7.05 Å². The smallest absolute Gasteiger partial charge is 0.209 e. The number of amides is 1. The second-order valence-electron chi connectivity index (χ2n) is 3.23. The van der Waals surface area contributed by atoms with Crippen LogP contribution in [0, 0.1) is 0 Å². The van der Waals surface area contributed by atoms with Gasteiger partial charge < -0.3 is 10.0 Å². The quantitative estimate of drug-likeness (QED) is 0.589. The minimum absolute atomic E-state index is 0.133. The van der Waals surface area contributed by atoms with Gasteiger partial charge in [0, 0.05) is 13.1 Å². The maximum atomic E-state index is 10.3. The van der Waals surface area contributed by atoms with Crippen LogP contribution >= 0.6 is 0 Å². The van der Waals surface area contributed by atoms with Gasteiger partial charge in [0.1, 0.15) is 0 Å². The fraction of sp³-hybridized carbons (Fsp3) is 0.875. The second-order valence-corrected chi connectivity index (χ2v) is 3.23. The molecule has 0 saturated heterocycles. The molecule has 0 aromatic carbocycles. The van der Waals surface area contributed by atoms with E-state index in [1.807, 2.05) is 0 Å². The highest BCUT2D eigenvalue weighted by Gasteiger charge is 2.21. The van der Waals surface area contributed by atoms with E-state index < -0.39 is 0 Å². The third kappa shape index (κ3) is 2.19. The molecule has 0 aromatic heterocycles. The van der Waals surface area contributed by atoms with Crippen molar-refractivity contribution in [2.24, 2.45) is 0 Å². The molecule has 3 nitrogen and oxygen atoms in total. The Morgan fingerprint density at radius 1 is 1.36 bits per heavy atom. The molecule has 1 aliphatic carbocycles. The van der Waals surface area contributed by atoms with E-state index in [2.05, 4.69) is 0 Å². The van der Waals surface area contributed by atoms with Gasteiger partial charge in [-0.3, -0.25) is 4.79 Å². The molecule has 0 aromatic rings. The summed E-state index contributed by atoms with van der Waals surface area (Å²) in [4.78, 5) is 12.0. The summed E-state index contributed by atoms with van der Waals surface area (Å²) in [5, 5.41) is 9.17. The zero-order valence-electron chi connectivity index (χ0n) is 6.86. The van der Waals surface area contributed by atoms with Crippen molar-refractivity contribution < 1.29 is 9.90 Å². The maximum absolute atomic E-state index is 10.3. The summed E-state index contributed by atoms with van der Waals surface area (Å²) in [5.74, 6) is 0. The Balaban J connectivity index is 2.32. The Hall–Kier alpha value is -0.570. The molecular formula is C8H15NO2.